The van der Waals surface area contributed by atoms with Crippen LogP contribution in [0.4, 0.5) is 5.69 Å². The van der Waals surface area contributed by atoms with E-state index in [2.05, 4.69) is 47.6 Å². The van der Waals surface area contributed by atoms with Gasteiger partial charge in [-0.2, -0.15) is 0 Å². The van der Waals surface area contributed by atoms with Crippen molar-refractivity contribution in [3.05, 3.63) is 28.8 Å². The van der Waals surface area contributed by atoms with Gasteiger partial charge in [0.2, 0.25) is 0 Å². The summed E-state index contributed by atoms with van der Waals surface area (Å²) in [6, 6.07) is 6.29. The van der Waals surface area contributed by atoms with Crippen LogP contribution in [0.5, 0.6) is 0 Å². The lowest BCUT2D eigenvalue weighted by Crippen LogP contribution is -2.53. The van der Waals surface area contributed by atoms with Crippen molar-refractivity contribution in [3.63, 3.8) is 0 Å². The van der Waals surface area contributed by atoms with Gasteiger partial charge in [0.1, 0.15) is 0 Å². The van der Waals surface area contributed by atoms with Crippen LogP contribution in [-0.2, 0) is 11.3 Å². The number of anilines is 1. The number of hydrogen-bond acceptors (Lipinski definition) is 4. The normalized spacial score (nSPS) is 21.2. The summed E-state index contributed by atoms with van der Waals surface area (Å²) in [6.45, 7) is 15.8. The third-order valence-corrected chi connectivity index (χ3v) is 5.50. The second kappa shape index (κ2) is 7.61. The largest absolute Gasteiger partial charge is 0.378 e. The summed E-state index contributed by atoms with van der Waals surface area (Å²) in [6.07, 6.45) is 0. The predicted octanol–water partition coefficient (Wildman–Crippen LogP) is 3.09. The molecule has 2 fully saturated rings. The highest BCUT2D eigenvalue weighted by Gasteiger charge is 2.27. The standard InChI is InChI=1S/C19H30ClN3O/c1-19(2,3)23-9-7-21(8-10-23)15-16-17(20)5-4-6-18(16)22-11-13-24-14-12-22/h4-6H,7-15H2,1-3H3. The minimum Gasteiger partial charge on any atom is -0.378 e. The highest BCUT2D eigenvalue weighted by molar-refractivity contribution is 6.31. The summed E-state index contributed by atoms with van der Waals surface area (Å²) in [7, 11) is 0. The van der Waals surface area contributed by atoms with Crippen molar-refractivity contribution in [1.82, 2.24) is 9.80 Å². The monoisotopic (exact) mass is 351 g/mol. The highest BCUT2D eigenvalue weighted by Crippen LogP contribution is 2.30. The number of piperazine rings is 1. The topological polar surface area (TPSA) is 19.0 Å². The molecule has 134 valence electrons. The average molecular weight is 352 g/mol. The molecule has 2 aliphatic rings. The molecular formula is C19H30ClN3O. The molecule has 0 amide bonds. The molecule has 0 aliphatic carbocycles. The van der Waals surface area contributed by atoms with Crippen molar-refractivity contribution in [1.29, 1.82) is 0 Å². The van der Waals surface area contributed by atoms with E-state index in [0.29, 0.717) is 0 Å². The first-order valence-corrected chi connectivity index (χ1v) is 9.40. The number of benzene rings is 1. The van der Waals surface area contributed by atoms with Crippen molar-refractivity contribution in [3.8, 4) is 0 Å². The van der Waals surface area contributed by atoms with Gasteiger partial charge in [0.25, 0.3) is 0 Å². The third kappa shape index (κ3) is 4.23. The molecular weight excluding hydrogens is 322 g/mol. The molecule has 0 atom stereocenters. The summed E-state index contributed by atoms with van der Waals surface area (Å²) in [5, 5.41) is 0.886. The lowest BCUT2D eigenvalue weighted by atomic mass is 10.0. The number of rotatable bonds is 3. The number of hydrogen-bond donors (Lipinski definition) is 0. The van der Waals surface area contributed by atoms with Gasteiger partial charge >= 0.3 is 0 Å². The van der Waals surface area contributed by atoms with Gasteiger partial charge in [-0.3, -0.25) is 9.80 Å². The van der Waals surface area contributed by atoms with Crippen LogP contribution in [0.25, 0.3) is 0 Å². The zero-order valence-corrected chi connectivity index (χ0v) is 16.0. The maximum Gasteiger partial charge on any atom is 0.0642 e. The molecule has 0 spiro atoms. The molecule has 2 heterocycles. The van der Waals surface area contributed by atoms with E-state index in [9.17, 15) is 0 Å². The van der Waals surface area contributed by atoms with Gasteiger partial charge in [0.15, 0.2) is 0 Å². The Morgan fingerprint density at radius 1 is 1.00 bits per heavy atom. The van der Waals surface area contributed by atoms with Crippen LogP contribution in [0.1, 0.15) is 26.3 Å². The summed E-state index contributed by atoms with van der Waals surface area (Å²) in [5.41, 5.74) is 2.81. The Balaban J connectivity index is 1.69. The summed E-state index contributed by atoms with van der Waals surface area (Å²) in [5.74, 6) is 0. The summed E-state index contributed by atoms with van der Waals surface area (Å²) >= 11 is 6.57. The van der Waals surface area contributed by atoms with Crippen LogP contribution in [0.2, 0.25) is 5.02 Å². The van der Waals surface area contributed by atoms with Crippen LogP contribution in [-0.4, -0.2) is 67.8 Å². The molecule has 0 N–H and O–H groups in total. The quantitative estimate of drug-likeness (QED) is 0.832. The van der Waals surface area contributed by atoms with E-state index in [1.165, 1.54) is 11.3 Å². The molecule has 0 radical (unpaired) electrons. The molecule has 2 aliphatic heterocycles. The van der Waals surface area contributed by atoms with Crippen LogP contribution >= 0.6 is 11.6 Å². The van der Waals surface area contributed by atoms with E-state index >= 15 is 0 Å². The fourth-order valence-corrected chi connectivity index (χ4v) is 3.83. The number of nitrogens with zero attached hydrogens (tertiary/aromatic N) is 3. The van der Waals surface area contributed by atoms with Gasteiger partial charge < -0.3 is 9.64 Å². The fourth-order valence-electron chi connectivity index (χ4n) is 3.60. The van der Waals surface area contributed by atoms with Gasteiger partial charge in [-0.1, -0.05) is 17.7 Å². The molecule has 3 rings (SSSR count). The maximum atomic E-state index is 6.57. The SMILES string of the molecule is CC(C)(C)N1CCN(Cc2c(Cl)cccc2N2CCOCC2)CC1. The number of morpholine rings is 1. The highest BCUT2D eigenvalue weighted by atomic mass is 35.5. The van der Waals surface area contributed by atoms with E-state index < -0.39 is 0 Å². The van der Waals surface area contributed by atoms with E-state index in [0.717, 1.165) is 64.0 Å². The Labute approximate surface area is 151 Å². The Bertz CT molecular complexity index is 544. The van der Waals surface area contributed by atoms with Gasteiger partial charge in [0.05, 0.1) is 13.2 Å². The van der Waals surface area contributed by atoms with Crippen molar-refractivity contribution in [2.45, 2.75) is 32.9 Å². The fraction of sp³-hybridized carbons (Fsp3) is 0.684. The molecule has 0 aromatic heterocycles. The van der Waals surface area contributed by atoms with Gasteiger partial charge in [-0.05, 0) is 32.9 Å². The minimum absolute atomic E-state index is 0.259. The molecule has 1 aromatic rings. The van der Waals surface area contributed by atoms with Crippen LogP contribution in [0.3, 0.4) is 0 Å². The molecule has 5 heteroatoms. The molecule has 0 saturated carbocycles. The second-order valence-corrected chi connectivity index (χ2v) is 8.18. The van der Waals surface area contributed by atoms with E-state index in [1.54, 1.807) is 0 Å². The zero-order chi connectivity index (χ0) is 17.2. The number of halogens is 1. The van der Waals surface area contributed by atoms with E-state index in [1.807, 2.05) is 6.07 Å². The Hall–Kier alpha value is -0.810. The van der Waals surface area contributed by atoms with Gasteiger partial charge in [-0.25, -0.2) is 0 Å². The third-order valence-electron chi connectivity index (χ3n) is 5.15. The zero-order valence-electron chi connectivity index (χ0n) is 15.2. The molecule has 0 unspecified atom stereocenters. The van der Waals surface area contributed by atoms with Gasteiger partial charge in [-0.15, -0.1) is 0 Å². The Morgan fingerprint density at radius 2 is 1.67 bits per heavy atom. The Kier molecular flexibility index (Phi) is 5.70. The second-order valence-electron chi connectivity index (χ2n) is 7.77. The van der Waals surface area contributed by atoms with E-state index in [4.69, 9.17) is 16.3 Å². The van der Waals surface area contributed by atoms with Crippen LogP contribution < -0.4 is 4.90 Å². The first-order chi connectivity index (χ1) is 11.4. The van der Waals surface area contributed by atoms with E-state index in [-0.39, 0.29) is 5.54 Å². The van der Waals surface area contributed by atoms with Crippen LogP contribution in [0.15, 0.2) is 18.2 Å². The first-order valence-electron chi connectivity index (χ1n) is 9.02. The predicted molar refractivity (Wildman–Crippen MR) is 101 cm³/mol. The molecule has 24 heavy (non-hydrogen) atoms. The van der Waals surface area contributed by atoms with Crippen LogP contribution in [0, 0.1) is 0 Å². The maximum absolute atomic E-state index is 6.57. The lowest BCUT2D eigenvalue weighted by molar-refractivity contribution is 0.0591. The van der Waals surface area contributed by atoms with Crippen molar-refractivity contribution in [2.24, 2.45) is 0 Å². The smallest absolute Gasteiger partial charge is 0.0642 e. The van der Waals surface area contributed by atoms with Crippen molar-refractivity contribution >= 4 is 17.3 Å². The molecule has 4 nitrogen and oxygen atoms in total. The number of ether oxygens (including phenoxy) is 1. The lowest BCUT2D eigenvalue weighted by Gasteiger charge is -2.42. The summed E-state index contributed by atoms with van der Waals surface area (Å²) < 4.78 is 5.49. The Morgan fingerprint density at radius 3 is 2.29 bits per heavy atom. The van der Waals surface area contributed by atoms with Crippen molar-refractivity contribution < 1.29 is 4.74 Å². The first kappa shape index (κ1) is 18.0. The summed E-state index contributed by atoms with van der Waals surface area (Å²) in [4.78, 5) is 7.52. The van der Waals surface area contributed by atoms with Gasteiger partial charge in [0, 0.05) is 67.6 Å². The minimum atomic E-state index is 0.259. The molecule has 1 aromatic carbocycles. The molecule has 2 saturated heterocycles. The van der Waals surface area contributed by atoms with Crippen molar-refractivity contribution in [2.75, 3.05) is 57.4 Å². The average Bonchev–Trinajstić information content (AvgIpc) is 2.57. The molecule has 0 bridgehead atoms.